The van der Waals surface area contributed by atoms with Crippen molar-refractivity contribution in [2.75, 3.05) is 19.8 Å². The summed E-state index contributed by atoms with van der Waals surface area (Å²) >= 11 is 0. The highest BCUT2D eigenvalue weighted by Crippen LogP contribution is 2.30. The fourth-order valence-corrected chi connectivity index (χ4v) is 1.73. The SMILES string of the molecule is C=CC(=O)NCCCCOC1C(=O)OCC1(C)C. The molecule has 1 N–H and O–H groups in total. The van der Waals surface area contributed by atoms with Gasteiger partial charge in [-0.15, -0.1) is 0 Å². The van der Waals surface area contributed by atoms with Crippen LogP contribution < -0.4 is 5.32 Å². The molecule has 0 aromatic rings. The number of nitrogens with one attached hydrogen (secondary N) is 1. The summed E-state index contributed by atoms with van der Waals surface area (Å²) in [6, 6.07) is 0. The molecule has 1 atom stereocenters. The van der Waals surface area contributed by atoms with E-state index in [1.807, 2.05) is 13.8 Å². The number of carbonyl (C=O) groups excluding carboxylic acids is 2. The maximum atomic E-state index is 11.4. The van der Waals surface area contributed by atoms with Crippen LogP contribution in [0.5, 0.6) is 0 Å². The van der Waals surface area contributed by atoms with Gasteiger partial charge in [-0.05, 0) is 18.9 Å². The van der Waals surface area contributed by atoms with E-state index in [9.17, 15) is 9.59 Å². The Hall–Kier alpha value is -1.36. The monoisotopic (exact) mass is 255 g/mol. The second kappa shape index (κ2) is 6.54. The zero-order valence-corrected chi connectivity index (χ0v) is 11.0. The molecule has 1 fully saturated rings. The molecule has 5 heteroatoms. The number of hydrogen-bond donors (Lipinski definition) is 1. The molecular formula is C13H21NO4. The molecule has 1 amide bonds. The maximum Gasteiger partial charge on any atom is 0.335 e. The van der Waals surface area contributed by atoms with Crippen molar-refractivity contribution in [3.05, 3.63) is 12.7 Å². The Morgan fingerprint density at radius 2 is 2.33 bits per heavy atom. The molecule has 1 aliphatic rings. The third-order valence-corrected chi connectivity index (χ3v) is 2.85. The minimum atomic E-state index is -0.472. The summed E-state index contributed by atoms with van der Waals surface area (Å²) in [5, 5.41) is 2.68. The zero-order valence-electron chi connectivity index (χ0n) is 11.0. The van der Waals surface area contributed by atoms with Crippen molar-refractivity contribution in [2.45, 2.75) is 32.8 Å². The van der Waals surface area contributed by atoms with Gasteiger partial charge in [-0.25, -0.2) is 4.79 Å². The molecule has 5 nitrogen and oxygen atoms in total. The summed E-state index contributed by atoms with van der Waals surface area (Å²) in [7, 11) is 0. The van der Waals surface area contributed by atoms with Crippen molar-refractivity contribution in [1.82, 2.24) is 5.32 Å². The lowest BCUT2D eigenvalue weighted by Gasteiger charge is -2.21. The van der Waals surface area contributed by atoms with Crippen LogP contribution in [0.1, 0.15) is 26.7 Å². The Morgan fingerprint density at radius 3 is 2.89 bits per heavy atom. The normalized spacial score (nSPS) is 21.4. The van der Waals surface area contributed by atoms with Gasteiger partial charge in [-0.3, -0.25) is 4.79 Å². The Kier molecular flexibility index (Phi) is 5.34. The van der Waals surface area contributed by atoms with Gasteiger partial charge in [0.1, 0.15) is 0 Å². The topological polar surface area (TPSA) is 64.6 Å². The van der Waals surface area contributed by atoms with Crippen LogP contribution in [-0.4, -0.2) is 37.7 Å². The number of hydrogen-bond acceptors (Lipinski definition) is 4. The highest BCUT2D eigenvalue weighted by molar-refractivity contribution is 5.86. The maximum absolute atomic E-state index is 11.4. The van der Waals surface area contributed by atoms with E-state index in [4.69, 9.17) is 9.47 Å². The molecule has 0 aliphatic carbocycles. The van der Waals surface area contributed by atoms with Gasteiger partial charge >= 0.3 is 5.97 Å². The Morgan fingerprint density at radius 1 is 1.61 bits per heavy atom. The predicted octanol–water partition coefficient (Wildman–Crippen LogP) is 1.04. The minimum absolute atomic E-state index is 0.170. The molecule has 0 saturated carbocycles. The van der Waals surface area contributed by atoms with Crippen molar-refractivity contribution in [3.8, 4) is 0 Å². The number of ether oxygens (including phenoxy) is 2. The number of amides is 1. The number of unbranched alkanes of at least 4 members (excludes halogenated alkanes) is 1. The van der Waals surface area contributed by atoms with E-state index in [2.05, 4.69) is 11.9 Å². The number of cyclic esters (lactones) is 1. The summed E-state index contributed by atoms with van der Waals surface area (Å²) in [5.41, 5.74) is -0.256. The van der Waals surface area contributed by atoms with Crippen LogP contribution in [-0.2, 0) is 19.1 Å². The molecule has 102 valence electrons. The third kappa shape index (κ3) is 4.14. The first-order valence-corrected chi connectivity index (χ1v) is 6.16. The predicted molar refractivity (Wildman–Crippen MR) is 66.9 cm³/mol. The largest absolute Gasteiger partial charge is 0.463 e. The molecule has 0 radical (unpaired) electrons. The third-order valence-electron chi connectivity index (χ3n) is 2.85. The summed E-state index contributed by atoms with van der Waals surface area (Å²) in [4.78, 5) is 22.3. The fourth-order valence-electron chi connectivity index (χ4n) is 1.73. The van der Waals surface area contributed by atoms with E-state index >= 15 is 0 Å². The van der Waals surface area contributed by atoms with Gasteiger partial charge < -0.3 is 14.8 Å². The molecule has 0 spiro atoms. The minimum Gasteiger partial charge on any atom is -0.463 e. The van der Waals surface area contributed by atoms with Crippen molar-refractivity contribution in [3.63, 3.8) is 0 Å². The Bertz CT molecular complexity index is 325. The van der Waals surface area contributed by atoms with Crippen LogP contribution in [0.2, 0.25) is 0 Å². The number of esters is 1. The average Bonchev–Trinajstić information content (AvgIpc) is 2.59. The first kappa shape index (κ1) is 14.7. The average molecular weight is 255 g/mol. The van der Waals surface area contributed by atoms with Crippen LogP contribution >= 0.6 is 0 Å². The summed E-state index contributed by atoms with van der Waals surface area (Å²) in [6.45, 7) is 8.76. The first-order valence-electron chi connectivity index (χ1n) is 6.16. The van der Waals surface area contributed by atoms with Crippen LogP contribution in [0.3, 0.4) is 0 Å². The van der Waals surface area contributed by atoms with E-state index in [1.165, 1.54) is 6.08 Å². The fraction of sp³-hybridized carbons (Fsp3) is 0.692. The van der Waals surface area contributed by atoms with E-state index in [-0.39, 0.29) is 17.3 Å². The smallest absolute Gasteiger partial charge is 0.335 e. The van der Waals surface area contributed by atoms with Crippen molar-refractivity contribution < 1.29 is 19.1 Å². The van der Waals surface area contributed by atoms with Gasteiger partial charge in [0.15, 0.2) is 6.10 Å². The van der Waals surface area contributed by atoms with Gasteiger partial charge in [0.2, 0.25) is 5.91 Å². The zero-order chi connectivity index (χ0) is 13.6. The lowest BCUT2D eigenvalue weighted by Crippen LogP contribution is -2.33. The lowest BCUT2D eigenvalue weighted by molar-refractivity contribution is -0.148. The highest BCUT2D eigenvalue weighted by Gasteiger charge is 2.44. The summed E-state index contributed by atoms with van der Waals surface area (Å²) in [5.74, 6) is -0.448. The van der Waals surface area contributed by atoms with Crippen molar-refractivity contribution in [1.29, 1.82) is 0 Å². The van der Waals surface area contributed by atoms with Crippen LogP contribution in [0.4, 0.5) is 0 Å². The molecule has 0 bridgehead atoms. The molecule has 1 heterocycles. The molecule has 1 aliphatic heterocycles. The molecule has 0 aromatic carbocycles. The van der Waals surface area contributed by atoms with E-state index in [0.29, 0.717) is 19.8 Å². The Balaban J connectivity index is 2.12. The molecule has 0 aromatic heterocycles. The van der Waals surface area contributed by atoms with Crippen LogP contribution in [0.25, 0.3) is 0 Å². The first-order chi connectivity index (χ1) is 8.47. The lowest BCUT2D eigenvalue weighted by atomic mass is 9.90. The molecule has 1 unspecified atom stereocenters. The van der Waals surface area contributed by atoms with Gasteiger partial charge in [-0.2, -0.15) is 0 Å². The van der Waals surface area contributed by atoms with Gasteiger partial charge in [0, 0.05) is 18.6 Å². The molecule has 1 saturated heterocycles. The van der Waals surface area contributed by atoms with E-state index < -0.39 is 6.10 Å². The van der Waals surface area contributed by atoms with E-state index in [0.717, 1.165) is 12.8 Å². The quantitative estimate of drug-likeness (QED) is 0.419. The van der Waals surface area contributed by atoms with Gasteiger partial charge in [0.25, 0.3) is 0 Å². The van der Waals surface area contributed by atoms with Gasteiger partial charge in [-0.1, -0.05) is 20.4 Å². The van der Waals surface area contributed by atoms with Gasteiger partial charge in [0.05, 0.1) is 6.61 Å². The van der Waals surface area contributed by atoms with Crippen LogP contribution in [0, 0.1) is 5.41 Å². The number of rotatable bonds is 7. The summed E-state index contributed by atoms with van der Waals surface area (Å²) in [6.07, 6.45) is 2.37. The molecular weight excluding hydrogens is 234 g/mol. The molecule has 18 heavy (non-hydrogen) atoms. The second-order valence-electron chi connectivity index (χ2n) is 5.05. The highest BCUT2D eigenvalue weighted by atomic mass is 16.6. The Labute approximate surface area is 108 Å². The second-order valence-corrected chi connectivity index (χ2v) is 5.05. The van der Waals surface area contributed by atoms with Crippen molar-refractivity contribution in [2.24, 2.45) is 5.41 Å². The number of carbonyl (C=O) groups is 2. The van der Waals surface area contributed by atoms with Crippen molar-refractivity contribution >= 4 is 11.9 Å². The van der Waals surface area contributed by atoms with Crippen LogP contribution in [0.15, 0.2) is 12.7 Å². The standard InChI is InChI=1S/C13H21NO4/c1-4-10(15)14-7-5-6-8-17-11-12(16)18-9-13(11,2)3/h4,11H,1,5-9H2,2-3H3,(H,14,15). The summed E-state index contributed by atoms with van der Waals surface area (Å²) < 4.78 is 10.5. The van der Waals surface area contributed by atoms with E-state index in [1.54, 1.807) is 0 Å². The molecule has 1 rings (SSSR count).